The third-order valence-corrected chi connectivity index (χ3v) is 7.41. The van der Waals surface area contributed by atoms with Crippen LogP contribution in [0.5, 0.6) is 0 Å². The largest absolute Gasteiger partial charge is 0.348 e. The summed E-state index contributed by atoms with van der Waals surface area (Å²) in [4.78, 5) is 17.3. The molecule has 0 aliphatic rings. The van der Waals surface area contributed by atoms with Crippen LogP contribution in [0.1, 0.15) is 21.5 Å². The molecule has 0 bridgehead atoms. The predicted molar refractivity (Wildman–Crippen MR) is 149 cm³/mol. The highest BCUT2D eigenvalue weighted by molar-refractivity contribution is 7.90. The highest BCUT2D eigenvalue weighted by Gasteiger charge is 2.12. The SMILES string of the molecule is Cc1cc(S(C)(=O)=O)ccc1Nc1nc2ccc(-c3ccc(C(=O)NCc4ccc(Cl)cc4)cc3)cn2n1. The maximum atomic E-state index is 12.6. The van der Waals surface area contributed by atoms with Crippen molar-refractivity contribution in [1.29, 1.82) is 0 Å². The van der Waals surface area contributed by atoms with Gasteiger partial charge in [-0.25, -0.2) is 12.9 Å². The molecule has 2 aromatic heterocycles. The minimum absolute atomic E-state index is 0.159. The number of nitrogens with one attached hydrogen (secondary N) is 2. The first kappa shape index (κ1) is 25.4. The van der Waals surface area contributed by atoms with E-state index in [1.165, 1.54) is 6.26 Å². The number of nitrogens with zero attached hydrogens (tertiary/aromatic N) is 3. The molecule has 10 heteroatoms. The fourth-order valence-electron chi connectivity index (χ4n) is 3.94. The van der Waals surface area contributed by atoms with Crippen LogP contribution in [0.15, 0.2) is 90.0 Å². The molecule has 5 rings (SSSR count). The third kappa shape index (κ3) is 5.69. The van der Waals surface area contributed by atoms with E-state index in [9.17, 15) is 13.2 Å². The lowest BCUT2D eigenvalue weighted by atomic mass is 10.1. The van der Waals surface area contributed by atoms with Gasteiger partial charge in [0, 0.05) is 40.8 Å². The molecular formula is C28H24ClN5O3S. The maximum absolute atomic E-state index is 12.6. The van der Waals surface area contributed by atoms with Crippen molar-refractivity contribution in [3.63, 3.8) is 0 Å². The second-order valence-corrected chi connectivity index (χ2v) is 11.4. The van der Waals surface area contributed by atoms with E-state index in [-0.39, 0.29) is 10.8 Å². The summed E-state index contributed by atoms with van der Waals surface area (Å²) in [7, 11) is -3.28. The lowest BCUT2D eigenvalue weighted by Crippen LogP contribution is -2.22. The molecule has 2 N–H and O–H groups in total. The normalized spacial score (nSPS) is 11.4. The van der Waals surface area contributed by atoms with Gasteiger partial charge in [-0.15, -0.1) is 5.10 Å². The van der Waals surface area contributed by atoms with Crippen LogP contribution >= 0.6 is 11.6 Å². The Balaban J connectivity index is 1.29. The Hall–Kier alpha value is -4.21. The van der Waals surface area contributed by atoms with Gasteiger partial charge >= 0.3 is 0 Å². The molecule has 0 aliphatic carbocycles. The molecule has 2 heterocycles. The number of pyridine rings is 1. The van der Waals surface area contributed by atoms with E-state index >= 15 is 0 Å². The average Bonchev–Trinajstić information content (AvgIpc) is 3.30. The number of hydrogen-bond donors (Lipinski definition) is 2. The van der Waals surface area contributed by atoms with Gasteiger partial charge in [-0.05, 0) is 78.2 Å². The van der Waals surface area contributed by atoms with Gasteiger partial charge in [0.15, 0.2) is 15.5 Å². The van der Waals surface area contributed by atoms with Crippen molar-refractivity contribution in [2.75, 3.05) is 11.6 Å². The summed E-state index contributed by atoms with van der Waals surface area (Å²) in [5, 5.41) is 11.2. The van der Waals surface area contributed by atoms with Gasteiger partial charge in [0.1, 0.15) is 0 Å². The summed E-state index contributed by atoms with van der Waals surface area (Å²) >= 11 is 5.91. The zero-order chi connectivity index (χ0) is 26.9. The second kappa shape index (κ2) is 10.3. The predicted octanol–water partition coefficient (Wildman–Crippen LogP) is 5.44. The van der Waals surface area contributed by atoms with E-state index in [0.29, 0.717) is 28.7 Å². The monoisotopic (exact) mass is 545 g/mol. The van der Waals surface area contributed by atoms with E-state index in [1.807, 2.05) is 49.5 Å². The fourth-order valence-corrected chi connectivity index (χ4v) is 4.77. The number of sulfone groups is 1. The first-order valence-corrected chi connectivity index (χ1v) is 14.0. The quantitative estimate of drug-likeness (QED) is 0.282. The Morgan fingerprint density at radius 2 is 1.66 bits per heavy atom. The number of carbonyl (C=O) groups excluding carboxylic acids is 1. The summed E-state index contributed by atoms with van der Waals surface area (Å²) in [6.45, 7) is 2.24. The van der Waals surface area contributed by atoms with Gasteiger partial charge < -0.3 is 10.6 Å². The summed E-state index contributed by atoms with van der Waals surface area (Å²) in [5.41, 5.74) is 5.51. The van der Waals surface area contributed by atoms with Crippen molar-refractivity contribution in [1.82, 2.24) is 19.9 Å². The number of anilines is 2. The molecule has 192 valence electrons. The number of fused-ring (bicyclic) bond motifs is 1. The van der Waals surface area contributed by atoms with Gasteiger partial charge in [-0.1, -0.05) is 35.9 Å². The third-order valence-electron chi connectivity index (χ3n) is 6.05. The Labute approximate surface area is 225 Å². The summed E-state index contributed by atoms with van der Waals surface area (Å²) in [5.74, 6) is 0.235. The Morgan fingerprint density at radius 1 is 0.947 bits per heavy atom. The Bertz CT molecular complexity index is 1750. The van der Waals surface area contributed by atoms with E-state index in [2.05, 4.69) is 20.7 Å². The molecule has 0 saturated heterocycles. The molecule has 5 aromatic rings. The fraction of sp³-hybridized carbons (Fsp3) is 0.107. The maximum Gasteiger partial charge on any atom is 0.251 e. The Kier molecular flexibility index (Phi) is 6.88. The number of rotatable bonds is 7. The summed E-state index contributed by atoms with van der Waals surface area (Å²) < 4.78 is 25.3. The van der Waals surface area contributed by atoms with Gasteiger partial charge in [-0.3, -0.25) is 4.79 Å². The van der Waals surface area contributed by atoms with Crippen molar-refractivity contribution in [2.45, 2.75) is 18.4 Å². The number of benzene rings is 3. The number of aromatic nitrogens is 3. The molecule has 8 nitrogen and oxygen atoms in total. The second-order valence-electron chi connectivity index (χ2n) is 8.92. The van der Waals surface area contributed by atoms with Crippen LogP contribution in [0.4, 0.5) is 11.6 Å². The Morgan fingerprint density at radius 3 is 2.34 bits per heavy atom. The molecule has 0 atom stereocenters. The zero-order valence-electron chi connectivity index (χ0n) is 20.6. The van der Waals surface area contributed by atoms with E-state index in [0.717, 1.165) is 27.9 Å². The molecule has 0 radical (unpaired) electrons. The molecule has 3 aromatic carbocycles. The topological polar surface area (TPSA) is 105 Å². The van der Waals surface area contributed by atoms with Crippen LogP contribution in [-0.2, 0) is 16.4 Å². The van der Waals surface area contributed by atoms with Gasteiger partial charge in [0.2, 0.25) is 5.95 Å². The standard InChI is InChI=1S/C28H24ClN5O3S/c1-18-15-24(38(2,36)37)12-13-25(18)31-28-32-26-14-9-22(17-34(26)33-28)20-5-7-21(8-6-20)27(35)30-16-19-3-10-23(29)11-4-19/h3-15,17H,16H2,1-2H3,(H,30,35)(H,31,33). The van der Waals surface area contributed by atoms with Gasteiger partial charge in [-0.2, -0.15) is 4.98 Å². The molecular weight excluding hydrogens is 522 g/mol. The smallest absolute Gasteiger partial charge is 0.251 e. The van der Waals surface area contributed by atoms with E-state index < -0.39 is 9.84 Å². The number of hydrogen-bond acceptors (Lipinski definition) is 6. The van der Waals surface area contributed by atoms with Gasteiger partial charge in [0.25, 0.3) is 5.91 Å². The number of carbonyl (C=O) groups is 1. The first-order valence-electron chi connectivity index (χ1n) is 11.7. The molecule has 0 aliphatic heterocycles. The summed E-state index contributed by atoms with van der Waals surface area (Å²) in [6.07, 6.45) is 3.05. The number of aryl methyl sites for hydroxylation is 1. The van der Waals surface area contributed by atoms with Crippen LogP contribution in [0.2, 0.25) is 5.02 Å². The van der Waals surface area contributed by atoms with Crippen molar-refractivity contribution >= 4 is 44.6 Å². The van der Waals surface area contributed by atoms with Crippen LogP contribution in [-0.4, -0.2) is 35.2 Å². The van der Waals surface area contributed by atoms with Crippen molar-refractivity contribution in [3.05, 3.63) is 107 Å². The molecule has 0 spiro atoms. The lowest BCUT2D eigenvalue weighted by molar-refractivity contribution is 0.0951. The molecule has 0 saturated carbocycles. The molecule has 1 amide bonds. The lowest BCUT2D eigenvalue weighted by Gasteiger charge is -2.07. The van der Waals surface area contributed by atoms with Gasteiger partial charge in [0.05, 0.1) is 4.90 Å². The van der Waals surface area contributed by atoms with Crippen molar-refractivity contribution in [3.8, 4) is 11.1 Å². The zero-order valence-corrected chi connectivity index (χ0v) is 22.2. The first-order chi connectivity index (χ1) is 18.2. The average molecular weight is 546 g/mol. The van der Waals surface area contributed by atoms with E-state index in [1.54, 1.807) is 47.0 Å². The van der Waals surface area contributed by atoms with Crippen molar-refractivity contribution in [2.24, 2.45) is 0 Å². The molecule has 0 unspecified atom stereocenters. The van der Waals surface area contributed by atoms with Crippen LogP contribution in [0.3, 0.4) is 0 Å². The minimum Gasteiger partial charge on any atom is -0.348 e. The molecule has 0 fully saturated rings. The van der Waals surface area contributed by atoms with Crippen LogP contribution in [0, 0.1) is 6.92 Å². The highest BCUT2D eigenvalue weighted by Crippen LogP contribution is 2.24. The number of halogens is 1. The van der Waals surface area contributed by atoms with E-state index in [4.69, 9.17) is 11.6 Å². The summed E-state index contributed by atoms with van der Waals surface area (Å²) in [6, 6.07) is 23.4. The minimum atomic E-state index is -3.28. The number of amides is 1. The highest BCUT2D eigenvalue weighted by atomic mass is 35.5. The molecule has 38 heavy (non-hydrogen) atoms. The van der Waals surface area contributed by atoms with Crippen LogP contribution < -0.4 is 10.6 Å². The van der Waals surface area contributed by atoms with Crippen LogP contribution in [0.25, 0.3) is 16.8 Å². The van der Waals surface area contributed by atoms with Crippen molar-refractivity contribution < 1.29 is 13.2 Å².